The van der Waals surface area contributed by atoms with Gasteiger partial charge in [-0.15, -0.1) is 0 Å². The van der Waals surface area contributed by atoms with Crippen molar-refractivity contribution in [3.8, 4) is 11.5 Å². The van der Waals surface area contributed by atoms with Gasteiger partial charge in [-0.2, -0.15) is 0 Å². The number of fused-ring (bicyclic) bond motifs is 1. The van der Waals surface area contributed by atoms with Gasteiger partial charge in [-0.25, -0.2) is 17.9 Å². The first-order valence-corrected chi connectivity index (χ1v) is 12.1. The molecule has 0 spiro atoms. The lowest BCUT2D eigenvalue weighted by Gasteiger charge is -2.20. The monoisotopic (exact) mass is 485 g/mol. The summed E-state index contributed by atoms with van der Waals surface area (Å²) >= 11 is 0. The fraction of sp³-hybridized carbons (Fsp3) is 0.571. The molecule has 3 amide bonds. The van der Waals surface area contributed by atoms with Crippen molar-refractivity contribution in [3.05, 3.63) is 18.2 Å². The fourth-order valence-electron chi connectivity index (χ4n) is 2.80. The number of esters is 1. The molecule has 0 aliphatic carbocycles. The molecular formula is C21H31N3O8S. The predicted molar refractivity (Wildman–Crippen MR) is 118 cm³/mol. The quantitative estimate of drug-likeness (QED) is 0.333. The minimum absolute atomic E-state index is 0.0797. The minimum atomic E-state index is -3.69. The van der Waals surface area contributed by atoms with Crippen LogP contribution in [0.5, 0.6) is 11.5 Å². The molecule has 1 aromatic rings. The van der Waals surface area contributed by atoms with E-state index in [2.05, 4.69) is 15.4 Å². The number of imide groups is 1. The smallest absolute Gasteiger partial charge is 0.321 e. The van der Waals surface area contributed by atoms with E-state index in [1.54, 1.807) is 26.8 Å². The average molecular weight is 486 g/mol. The van der Waals surface area contributed by atoms with E-state index in [-0.39, 0.29) is 17.9 Å². The van der Waals surface area contributed by atoms with E-state index < -0.39 is 40.1 Å². The van der Waals surface area contributed by atoms with E-state index in [1.165, 1.54) is 12.1 Å². The first-order chi connectivity index (χ1) is 15.5. The minimum Gasteiger partial charge on any atom is -0.486 e. The van der Waals surface area contributed by atoms with Crippen LogP contribution < -0.4 is 24.8 Å². The van der Waals surface area contributed by atoms with Crippen LogP contribution in [0, 0.1) is 0 Å². The number of carbonyl (C=O) groups is 3. The van der Waals surface area contributed by atoms with Crippen LogP contribution in [0.3, 0.4) is 0 Å². The Morgan fingerprint density at radius 2 is 1.73 bits per heavy atom. The van der Waals surface area contributed by atoms with E-state index in [9.17, 15) is 22.8 Å². The Morgan fingerprint density at radius 3 is 2.42 bits per heavy atom. The van der Waals surface area contributed by atoms with Crippen molar-refractivity contribution in [2.45, 2.75) is 56.9 Å². The van der Waals surface area contributed by atoms with Gasteiger partial charge in [-0.3, -0.25) is 14.9 Å². The molecule has 0 unspecified atom stereocenters. The molecule has 1 aliphatic rings. The second-order valence-corrected chi connectivity index (χ2v) is 10.2. The van der Waals surface area contributed by atoms with Crippen molar-refractivity contribution in [2.24, 2.45) is 0 Å². The first kappa shape index (κ1) is 26.4. The van der Waals surface area contributed by atoms with Gasteiger partial charge in [0.05, 0.1) is 4.90 Å². The molecule has 0 bridgehead atoms. The molecule has 0 saturated carbocycles. The van der Waals surface area contributed by atoms with Crippen LogP contribution in [0.25, 0.3) is 0 Å². The number of unbranched alkanes of at least 4 members (excludes halogenated alkanes) is 2. The van der Waals surface area contributed by atoms with Crippen LogP contribution in [0.1, 0.15) is 46.5 Å². The number of carbonyl (C=O) groups excluding carboxylic acids is 3. The van der Waals surface area contributed by atoms with Gasteiger partial charge in [0.2, 0.25) is 10.0 Å². The zero-order chi connectivity index (χ0) is 24.5. The van der Waals surface area contributed by atoms with Crippen LogP contribution in [0.2, 0.25) is 0 Å². The summed E-state index contributed by atoms with van der Waals surface area (Å²) in [5.74, 6) is -0.388. The first-order valence-electron chi connectivity index (χ1n) is 10.6. The average Bonchev–Trinajstić information content (AvgIpc) is 2.73. The Balaban J connectivity index is 1.60. The molecule has 0 aromatic heterocycles. The third-order valence-electron chi connectivity index (χ3n) is 4.28. The van der Waals surface area contributed by atoms with Gasteiger partial charge in [-0.1, -0.05) is 6.42 Å². The molecule has 11 nitrogen and oxygen atoms in total. The molecule has 2 rings (SSSR count). The van der Waals surface area contributed by atoms with Crippen LogP contribution in [-0.2, 0) is 24.3 Å². The second-order valence-electron chi connectivity index (χ2n) is 8.43. The highest BCUT2D eigenvalue weighted by molar-refractivity contribution is 7.89. The molecule has 0 fully saturated rings. The normalized spacial score (nSPS) is 13.2. The van der Waals surface area contributed by atoms with Crippen molar-refractivity contribution < 1.29 is 37.0 Å². The number of ether oxygens (including phenoxy) is 3. The number of urea groups is 1. The van der Waals surface area contributed by atoms with Gasteiger partial charge >= 0.3 is 12.0 Å². The van der Waals surface area contributed by atoms with E-state index in [0.717, 1.165) is 0 Å². The fourth-order valence-corrected chi connectivity index (χ4v) is 3.89. The van der Waals surface area contributed by atoms with Gasteiger partial charge in [-0.05, 0) is 45.7 Å². The summed E-state index contributed by atoms with van der Waals surface area (Å²) in [7, 11) is -3.69. The van der Waals surface area contributed by atoms with Crippen molar-refractivity contribution in [3.63, 3.8) is 0 Å². The molecule has 33 heavy (non-hydrogen) atoms. The Kier molecular flexibility index (Phi) is 9.47. The number of amides is 3. The molecule has 1 heterocycles. The number of benzene rings is 1. The number of hydrogen-bond acceptors (Lipinski definition) is 8. The van der Waals surface area contributed by atoms with Crippen molar-refractivity contribution >= 4 is 27.9 Å². The molecule has 12 heteroatoms. The van der Waals surface area contributed by atoms with Crippen molar-refractivity contribution in [1.82, 2.24) is 15.4 Å². The molecule has 1 aliphatic heterocycles. The maximum atomic E-state index is 12.4. The summed E-state index contributed by atoms with van der Waals surface area (Å²) in [6, 6.07) is 3.78. The third-order valence-corrected chi connectivity index (χ3v) is 5.74. The Hall–Kier alpha value is -2.86. The summed E-state index contributed by atoms with van der Waals surface area (Å²) in [6.07, 6.45) is 1.65. The Morgan fingerprint density at radius 1 is 1.03 bits per heavy atom. The van der Waals surface area contributed by atoms with Gasteiger partial charge in [0.15, 0.2) is 18.1 Å². The summed E-state index contributed by atoms with van der Waals surface area (Å²) in [5.41, 5.74) is -0.501. The van der Waals surface area contributed by atoms with Crippen molar-refractivity contribution in [2.75, 3.05) is 26.4 Å². The Labute approximate surface area is 193 Å². The highest BCUT2D eigenvalue weighted by Crippen LogP contribution is 2.32. The predicted octanol–water partition coefficient (Wildman–Crippen LogP) is 1.46. The maximum Gasteiger partial charge on any atom is 0.321 e. The SMILES string of the molecule is CC(C)(C)NC(=O)NC(=O)COC(=O)CCCCCNS(=O)(=O)c1ccc2c(c1)OCCO2. The van der Waals surface area contributed by atoms with Gasteiger partial charge in [0.25, 0.3) is 5.91 Å². The number of nitrogens with one attached hydrogen (secondary N) is 3. The highest BCUT2D eigenvalue weighted by Gasteiger charge is 2.19. The lowest BCUT2D eigenvalue weighted by Crippen LogP contribution is -2.49. The molecule has 184 valence electrons. The maximum absolute atomic E-state index is 12.4. The van der Waals surface area contributed by atoms with Crippen LogP contribution in [0.15, 0.2) is 23.1 Å². The van der Waals surface area contributed by atoms with E-state index >= 15 is 0 Å². The van der Waals surface area contributed by atoms with E-state index in [1.807, 2.05) is 0 Å². The van der Waals surface area contributed by atoms with Crippen LogP contribution in [0.4, 0.5) is 4.79 Å². The zero-order valence-corrected chi connectivity index (χ0v) is 19.9. The number of hydrogen-bond donors (Lipinski definition) is 3. The highest BCUT2D eigenvalue weighted by atomic mass is 32.2. The second kappa shape index (κ2) is 11.8. The van der Waals surface area contributed by atoms with E-state index in [0.29, 0.717) is 44.0 Å². The van der Waals surface area contributed by atoms with Gasteiger partial charge in [0, 0.05) is 24.6 Å². The van der Waals surface area contributed by atoms with Crippen molar-refractivity contribution in [1.29, 1.82) is 0 Å². The molecular weight excluding hydrogens is 454 g/mol. The Bertz CT molecular complexity index is 957. The summed E-state index contributed by atoms with van der Waals surface area (Å²) < 4.78 is 43.0. The summed E-state index contributed by atoms with van der Waals surface area (Å²) in [5, 5.41) is 4.63. The summed E-state index contributed by atoms with van der Waals surface area (Å²) in [4.78, 5) is 35.0. The number of sulfonamides is 1. The van der Waals surface area contributed by atoms with Crippen LogP contribution >= 0.6 is 0 Å². The molecule has 0 atom stereocenters. The lowest BCUT2D eigenvalue weighted by molar-refractivity contribution is -0.148. The summed E-state index contributed by atoms with van der Waals surface area (Å²) in [6.45, 7) is 5.74. The van der Waals surface area contributed by atoms with Gasteiger partial charge < -0.3 is 19.5 Å². The molecule has 0 radical (unpaired) electrons. The van der Waals surface area contributed by atoms with Gasteiger partial charge in [0.1, 0.15) is 13.2 Å². The zero-order valence-electron chi connectivity index (χ0n) is 19.1. The largest absolute Gasteiger partial charge is 0.486 e. The topological polar surface area (TPSA) is 149 Å². The molecule has 0 saturated heterocycles. The lowest BCUT2D eigenvalue weighted by atomic mass is 10.1. The van der Waals surface area contributed by atoms with Crippen LogP contribution in [-0.4, -0.2) is 58.2 Å². The molecule has 3 N–H and O–H groups in total. The van der Waals surface area contributed by atoms with E-state index in [4.69, 9.17) is 14.2 Å². The third kappa shape index (κ3) is 9.66. The number of rotatable bonds is 10. The molecule has 1 aromatic carbocycles. The standard InChI is InChI=1S/C21H31N3O8S/c1-21(2,3)24-20(27)23-18(25)14-32-19(26)7-5-4-6-10-22-33(28,29)15-8-9-16-17(13-15)31-12-11-30-16/h8-9,13,22H,4-7,10-12,14H2,1-3H3,(H2,23,24,25,27).